The Morgan fingerprint density at radius 1 is 1.30 bits per heavy atom. The van der Waals surface area contributed by atoms with Crippen molar-refractivity contribution in [2.75, 3.05) is 5.32 Å². The van der Waals surface area contributed by atoms with Crippen LogP contribution in [0.15, 0.2) is 47.1 Å². The third-order valence-electron chi connectivity index (χ3n) is 5.12. The van der Waals surface area contributed by atoms with Crippen LogP contribution in [0.4, 0.5) is 5.82 Å². The summed E-state index contributed by atoms with van der Waals surface area (Å²) in [6, 6.07) is 10.4. The predicted octanol–water partition coefficient (Wildman–Crippen LogP) is 4.52. The van der Waals surface area contributed by atoms with Crippen molar-refractivity contribution in [1.29, 1.82) is 0 Å². The Labute approximate surface area is 140 Å². The largest absolute Gasteiger partial charge is 0.342 e. The SMILES string of the molecule is CC[C@]1(c2ccccc2)C2=C(C[C@@H](C)CC2=O)Nc2ncsc21. The molecule has 118 valence electrons. The number of rotatable bonds is 2. The maximum absolute atomic E-state index is 13.0. The van der Waals surface area contributed by atoms with Gasteiger partial charge in [-0.2, -0.15) is 0 Å². The van der Waals surface area contributed by atoms with Crippen molar-refractivity contribution in [2.24, 2.45) is 5.92 Å². The summed E-state index contributed by atoms with van der Waals surface area (Å²) in [7, 11) is 0. The van der Waals surface area contributed by atoms with Gasteiger partial charge < -0.3 is 5.32 Å². The van der Waals surface area contributed by atoms with Crippen molar-refractivity contribution >= 4 is 22.9 Å². The van der Waals surface area contributed by atoms with Gasteiger partial charge in [0.05, 0.1) is 15.8 Å². The molecule has 0 saturated heterocycles. The quantitative estimate of drug-likeness (QED) is 0.883. The van der Waals surface area contributed by atoms with Gasteiger partial charge in [-0.3, -0.25) is 4.79 Å². The van der Waals surface area contributed by atoms with E-state index in [1.165, 1.54) is 10.4 Å². The molecule has 2 heterocycles. The summed E-state index contributed by atoms with van der Waals surface area (Å²) in [5.41, 5.74) is 4.79. The number of anilines is 1. The van der Waals surface area contributed by atoms with E-state index in [0.717, 1.165) is 29.9 Å². The van der Waals surface area contributed by atoms with Crippen molar-refractivity contribution in [3.05, 3.63) is 57.6 Å². The van der Waals surface area contributed by atoms with Crippen molar-refractivity contribution < 1.29 is 4.79 Å². The van der Waals surface area contributed by atoms with Crippen LogP contribution >= 0.6 is 11.3 Å². The van der Waals surface area contributed by atoms with Crippen LogP contribution in [-0.4, -0.2) is 10.8 Å². The Balaban J connectivity index is 2.03. The molecule has 1 N–H and O–H groups in total. The minimum atomic E-state index is -0.352. The first-order valence-electron chi connectivity index (χ1n) is 8.20. The Bertz CT molecular complexity index is 793. The number of thiazole rings is 1. The highest BCUT2D eigenvalue weighted by Gasteiger charge is 2.48. The zero-order chi connectivity index (χ0) is 16.0. The number of carbonyl (C=O) groups is 1. The molecular formula is C19H20N2OS. The van der Waals surface area contributed by atoms with Crippen LogP contribution < -0.4 is 5.32 Å². The smallest absolute Gasteiger partial charge is 0.162 e. The number of nitrogens with zero attached hydrogens (tertiary/aromatic N) is 1. The van der Waals surface area contributed by atoms with Gasteiger partial charge in [0.1, 0.15) is 5.82 Å². The van der Waals surface area contributed by atoms with E-state index in [-0.39, 0.29) is 11.2 Å². The lowest BCUT2D eigenvalue weighted by Crippen LogP contribution is -2.41. The highest BCUT2D eigenvalue weighted by atomic mass is 32.1. The Morgan fingerprint density at radius 3 is 2.83 bits per heavy atom. The van der Waals surface area contributed by atoms with E-state index in [1.54, 1.807) is 11.3 Å². The number of ketones is 1. The molecule has 0 unspecified atom stereocenters. The number of carbonyl (C=O) groups excluding carboxylic acids is 1. The second-order valence-corrected chi connectivity index (χ2v) is 7.42. The second kappa shape index (κ2) is 5.31. The molecule has 4 rings (SSSR count). The molecule has 1 aromatic heterocycles. The lowest BCUT2D eigenvalue weighted by Gasteiger charge is -2.42. The monoisotopic (exact) mass is 324 g/mol. The molecule has 2 aromatic rings. The van der Waals surface area contributed by atoms with Crippen molar-refractivity contribution in [2.45, 2.75) is 38.5 Å². The average molecular weight is 324 g/mol. The summed E-state index contributed by atoms with van der Waals surface area (Å²) < 4.78 is 0. The van der Waals surface area contributed by atoms with Crippen LogP contribution in [0.5, 0.6) is 0 Å². The highest BCUT2D eigenvalue weighted by Crippen LogP contribution is 2.53. The third kappa shape index (κ3) is 2.01. The van der Waals surface area contributed by atoms with Crippen molar-refractivity contribution in [1.82, 2.24) is 4.98 Å². The second-order valence-electron chi connectivity index (χ2n) is 6.57. The van der Waals surface area contributed by atoms with E-state index in [1.807, 2.05) is 11.6 Å². The van der Waals surface area contributed by atoms with E-state index >= 15 is 0 Å². The van der Waals surface area contributed by atoms with Crippen LogP contribution in [0.25, 0.3) is 0 Å². The number of fused-ring (bicyclic) bond motifs is 1. The molecule has 23 heavy (non-hydrogen) atoms. The number of Topliss-reactive ketones (excluding diaryl/α,β-unsaturated/α-hetero) is 1. The van der Waals surface area contributed by atoms with E-state index in [0.29, 0.717) is 12.3 Å². The normalized spacial score (nSPS) is 26.5. The van der Waals surface area contributed by atoms with Gasteiger partial charge in [0, 0.05) is 17.7 Å². The van der Waals surface area contributed by atoms with Gasteiger partial charge in [-0.05, 0) is 24.3 Å². The first-order chi connectivity index (χ1) is 11.2. The Morgan fingerprint density at radius 2 is 2.09 bits per heavy atom. The van der Waals surface area contributed by atoms with Gasteiger partial charge in [-0.1, -0.05) is 44.2 Å². The molecule has 0 fully saturated rings. The van der Waals surface area contributed by atoms with Gasteiger partial charge >= 0.3 is 0 Å². The summed E-state index contributed by atoms with van der Waals surface area (Å²) in [5.74, 6) is 1.61. The molecule has 0 spiro atoms. The molecule has 4 heteroatoms. The third-order valence-corrected chi connectivity index (χ3v) is 6.10. The molecule has 0 amide bonds. The van der Waals surface area contributed by atoms with Gasteiger partial charge in [-0.25, -0.2) is 4.98 Å². The molecule has 0 bridgehead atoms. The molecule has 0 radical (unpaired) electrons. The number of allylic oxidation sites excluding steroid dienone is 2. The van der Waals surface area contributed by atoms with Crippen LogP contribution in [0, 0.1) is 5.92 Å². The number of nitrogens with one attached hydrogen (secondary N) is 1. The van der Waals surface area contributed by atoms with Gasteiger partial charge in [-0.15, -0.1) is 11.3 Å². The number of benzene rings is 1. The van der Waals surface area contributed by atoms with Crippen molar-refractivity contribution in [3.8, 4) is 0 Å². The van der Waals surface area contributed by atoms with Crippen LogP contribution in [-0.2, 0) is 10.2 Å². The van der Waals surface area contributed by atoms with E-state index in [2.05, 4.69) is 48.4 Å². The first kappa shape index (κ1) is 14.6. The van der Waals surface area contributed by atoms with Crippen LogP contribution in [0.2, 0.25) is 0 Å². The van der Waals surface area contributed by atoms with Crippen LogP contribution in [0.3, 0.4) is 0 Å². The first-order valence-corrected chi connectivity index (χ1v) is 9.08. The summed E-state index contributed by atoms with van der Waals surface area (Å²) in [5, 5.41) is 3.46. The Kier molecular flexibility index (Phi) is 3.38. The molecule has 3 nitrogen and oxygen atoms in total. The molecule has 1 aliphatic heterocycles. The standard InChI is InChI=1S/C19H20N2OS/c1-3-19(13-7-5-4-6-8-13)16-14(9-12(2)10-15(16)22)21-18-17(19)23-11-20-18/h4-8,11-12,21H,3,9-10H2,1-2H3/t12-,19+/m1/s1. The van der Waals surface area contributed by atoms with E-state index in [9.17, 15) is 4.79 Å². The number of hydrogen-bond donors (Lipinski definition) is 1. The molecule has 0 saturated carbocycles. The van der Waals surface area contributed by atoms with Gasteiger partial charge in [0.15, 0.2) is 5.78 Å². The van der Waals surface area contributed by atoms with Crippen molar-refractivity contribution in [3.63, 3.8) is 0 Å². The minimum Gasteiger partial charge on any atom is -0.342 e. The zero-order valence-corrected chi connectivity index (χ0v) is 14.2. The summed E-state index contributed by atoms with van der Waals surface area (Å²) >= 11 is 1.65. The minimum absolute atomic E-state index is 0.288. The predicted molar refractivity (Wildman–Crippen MR) is 93.7 cm³/mol. The van der Waals surface area contributed by atoms with Gasteiger partial charge in [0.2, 0.25) is 0 Å². The zero-order valence-electron chi connectivity index (χ0n) is 13.4. The lowest BCUT2D eigenvalue weighted by atomic mass is 9.64. The Hall–Kier alpha value is -1.94. The molecule has 2 atom stereocenters. The van der Waals surface area contributed by atoms with E-state index < -0.39 is 0 Å². The summed E-state index contributed by atoms with van der Waals surface area (Å²) in [4.78, 5) is 18.7. The molecular weight excluding hydrogens is 304 g/mol. The van der Waals surface area contributed by atoms with E-state index in [4.69, 9.17) is 0 Å². The lowest BCUT2D eigenvalue weighted by molar-refractivity contribution is -0.117. The fourth-order valence-electron chi connectivity index (χ4n) is 4.15. The summed E-state index contributed by atoms with van der Waals surface area (Å²) in [6.07, 6.45) is 2.43. The number of hydrogen-bond acceptors (Lipinski definition) is 4. The maximum atomic E-state index is 13.0. The highest BCUT2D eigenvalue weighted by molar-refractivity contribution is 7.10. The molecule has 2 aliphatic rings. The summed E-state index contributed by atoms with van der Waals surface area (Å²) in [6.45, 7) is 4.33. The average Bonchev–Trinajstić information content (AvgIpc) is 3.02. The maximum Gasteiger partial charge on any atom is 0.162 e. The van der Waals surface area contributed by atoms with Gasteiger partial charge in [0.25, 0.3) is 0 Å². The van der Waals surface area contributed by atoms with Crippen LogP contribution in [0.1, 0.15) is 43.6 Å². The fraction of sp³-hybridized carbons (Fsp3) is 0.368. The molecule has 1 aromatic carbocycles. The molecule has 1 aliphatic carbocycles. The topological polar surface area (TPSA) is 42.0 Å². The fourth-order valence-corrected chi connectivity index (χ4v) is 5.20. The number of aromatic nitrogens is 1.